The Hall–Kier alpha value is -0.970. The topological polar surface area (TPSA) is 49.3 Å². The molecular formula is C9H15N3OS. The molecule has 0 atom stereocenters. The Bertz CT molecular complexity index is 304. The molecule has 78 valence electrons. The molecule has 0 aliphatic heterocycles. The van der Waals surface area contributed by atoms with Crippen molar-refractivity contribution in [2.75, 3.05) is 24.7 Å². The minimum Gasteiger partial charge on any atom is -0.493 e. The predicted molar refractivity (Wildman–Crippen MR) is 59.9 cm³/mol. The minimum absolute atomic E-state index is 0.0374. The summed E-state index contributed by atoms with van der Waals surface area (Å²) in [4.78, 5) is 9.98. The molecule has 1 N–H and O–H groups in total. The Morgan fingerprint density at radius 3 is 2.71 bits per heavy atom. The van der Waals surface area contributed by atoms with Crippen molar-refractivity contribution in [2.24, 2.45) is 0 Å². The predicted octanol–water partition coefficient (Wildman–Crippen LogP) is 1.50. The van der Waals surface area contributed by atoms with Gasteiger partial charge >= 0.3 is 0 Å². The fraction of sp³-hybridized carbons (Fsp3) is 0.556. The average Bonchev–Trinajstić information content (AvgIpc) is 2.14. The summed E-state index contributed by atoms with van der Waals surface area (Å²) in [6.45, 7) is 2.10. The van der Waals surface area contributed by atoms with Gasteiger partial charge in [-0.05, 0) is 5.75 Å². The van der Waals surface area contributed by atoms with Crippen molar-refractivity contribution in [1.82, 2.24) is 9.97 Å². The summed E-state index contributed by atoms with van der Waals surface area (Å²) >= 11 is 1.77. The Morgan fingerprint density at radius 1 is 1.43 bits per heavy atom. The van der Waals surface area contributed by atoms with Gasteiger partial charge in [-0.1, -0.05) is 6.92 Å². The SMILES string of the molecule is CCSCc1cc(O)nc(N(C)C)n1. The molecule has 4 nitrogen and oxygen atoms in total. The zero-order chi connectivity index (χ0) is 10.6. The van der Waals surface area contributed by atoms with Crippen LogP contribution in [0.3, 0.4) is 0 Å². The van der Waals surface area contributed by atoms with Gasteiger partial charge in [-0.2, -0.15) is 16.7 Å². The first-order valence-corrected chi connectivity index (χ1v) is 5.61. The summed E-state index contributed by atoms with van der Waals surface area (Å²) in [6, 6.07) is 1.61. The van der Waals surface area contributed by atoms with E-state index in [2.05, 4.69) is 16.9 Å². The van der Waals surface area contributed by atoms with Crippen LogP contribution in [0.5, 0.6) is 5.88 Å². The van der Waals surface area contributed by atoms with Crippen molar-refractivity contribution in [1.29, 1.82) is 0 Å². The second kappa shape index (κ2) is 5.05. The van der Waals surface area contributed by atoms with Gasteiger partial charge in [-0.3, -0.25) is 0 Å². The fourth-order valence-corrected chi connectivity index (χ4v) is 1.51. The van der Waals surface area contributed by atoms with E-state index < -0.39 is 0 Å². The second-order valence-electron chi connectivity index (χ2n) is 3.05. The normalized spacial score (nSPS) is 10.2. The van der Waals surface area contributed by atoms with Crippen LogP contribution in [0.25, 0.3) is 0 Å². The van der Waals surface area contributed by atoms with E-state index >= 15 is 0 Å². The van der Waals surface area contributed by atoms with Crippen molar-refractivity contribution in [3.8, 4) is 5.88 Å². The molecule has 1 aromatic rings. The third kappa shape index (κ3) is 3.06. The largest absolute Gasteiger partial charge is 0.493 e. The quantitative estimate of drug-likeness (QED) is 0.821. The van der Waals surface area contributed by atoms with Crippen molar-refractivity contribution >= 4 is 17.7 Å². The van der Waals surface area contributed by atoms with Crippen LogP contribution in [-0.2, 0) is 5.75 Å². The Kier molecular flexibility index (Phi) is 4.00. The molecule has 0 aliphatic rings. The minimum atomic E-state index is 0.0374. The Morgan fingerprint density at radius 2 is 2.14 bits per heavy atom. The first kappa shape index (κ1) is 11.1. The van der Waals surface area contributed by atoms with E-state index in [1.54, 1.807) is 22.7 Å². The number of nitrogens with zero attached hydrogens (tertiary/aromatic N) is 3. The van der Waals surface area contributed by atoms with Crippen LogP contribution in [0.1, 0.15) is 12.6 Å². The van der Waals surface area contributed by atoms with Gasteiger partial charge in [0.25, 0.3) is 0 Å². The third-order valence-electron chi connectivity index (χ3n) is 1.61. The number of aromatic hydroxyl groups is 1. The molecule has 0 unspecified atom stereocenters. The van der Waals surface area contributed by atoms with E-state index in [0.29, 0.717) is 5.95 Å². The lowest BCUT2D eigenvalue weighted by Gasteiger charge is -2.11. The summed E-state index contributed by atoms with van der Waals surface area (Å²) in [5.41, 5.74) is 0.869. The van der Waals surface area contributed by atoms with E-state index in [1.807, 2.05) is 14.1 Å². The van der Waals surface area contributed by atoms with Crippen LogP contribution in [-0.4, -0.2) is 34.9 Å². The van der Waals surface area contributed by atoms with Gasteiger partial charge in [0.05, 0.1) is 5.69 Å². The van der Waals surface area contributed by atoms with Gasteiger partial charge in [0.1, 0.15) is 0 Å². The molecule has 0 aromatic carbocycles. The van der Waals surface area contributed by atoms with Gasteiger partial charge < -0.3 is 10.0 Å². The van der Waals surface area contributed by atoms with Crippen LogP contribution in [0.2, 0.25) is 0 Å². The number of aromatic nitrogens is 2. The highest BCUT2D eigenvalue weighted by atomic mass is 32.2. The van der Waals surface area contributed by atoms with Gasteiger partial charge in [-0.25, -0.2) is 4.98 Å². The Labute approximate surface area is 88.4 Å². The van der Waals surface area contributed by atoms with Gasteiger partial charge in [0, 0.05) is 25.9 Å². The van der Waals surface area contributed by atoms with Crippen molar-refractivity contribution in [3.63, 3.8) is 0 Å². The molecule has 0 fully saturated rings. The van der Waals surface area contributed by atoms with Gasteiger partial charge in [-0.15, -0.1) is 0 Å². The van der Waals surface area contributed by atoms with Crippen LogP contribution < -0.4 is 4.90 Å². The van der Waals surface area contributed by atoms with E-state index in [-0.39, 0.29) is 5.88 Å². The summed E-state index contributed by atoms with van der Waals surface area (Å²) in [6.07, 6.45) is 0. The standard InChI is InChI=1S/C9H15N3OS/c1-4-14-6-7-5-8(13)11-9(10-7)12(2)3/h5H,4,6H2,1-3H3,(H,10,11,13). The molecule has 0 aliphatic carbocycles. The lowest BCUT2D eigenvalue weighted by atomic mass is 10.4. The van der Waals surface area contributed by atoms with Gasteiger partial charge in [0.2, 0.25) is 11.8 Å². The fourth-order valence-electron chi connectivity index (χ4n) is 0.950. The zero-order valence-corrected chi connectivity index (χ0v) is 9.51. The summed E-state index contributed by atoms with van der Waals surface area (Å²) in [5, 5.41) is 9.36. The monoisotopic (exact) mass is 213 g/mol. The van der Waals surface area contributed by atoms with Crippen LogP contribution in [0.15, 0.2) is 6.07 Å². The first-order chi connectivity index (χ1) is 6.63. The molecule has 1 aromatic heterocycles. The van der Waals surface area contributed by atoms with E-state index in [0.717, 1.165) is 17.2 Å². The highest BCUT2D eigenvalue weighted by molar-refractivity contribution is 7.98. The molecule has 1 heterocycles. The number of hydrogen-bond donors (Lipinski definition) is 1. The summed E-state index contributed by atoms with van der Waals surface area (Å²) in [5.74, 6) is 2.45. The van der Waals surface area contributed by atoms with Crippen molar-refractivity contribution in [3.05, 3.63) is 11.8 Å². The Balaban J connectivity index is 2.84. The zero-order valence-electron chi connectivity index (χ0n) is 8.69. The highest BCUT2D eigenvalue weighted by Crippen LogP contribution is 2.16. The molecule has 0 spiro atoms. The smallest absolute Gasteiger partial charge is 0.228 e. The summed E-state index contributed by atoms with van der Waals surface area (Å²) < 4.78 is 0. The van der Waals surface area contributed by atoms with Crippen LogP contribution in [0, 0.1) is 0 Å². The molecular weight excluding hydrogens is 198 g/mol. The van der Waals surface area contributed by atoms with E-state index in [4.69, 9.17) is 0 Å². The number of hydrogen-bond acceptors (Lipinski definition) is 5. The maximum absolute atomic E-state index is 9.36. The van der Waals surface area contributed by atoms with E-state index in [1.165, 1.54) is 0 Å². The van der Waals surface area contributed by atoms with Crippen LogP contribution >= 0.6 is 11.8 Å². The maximum Gasteiger partial charge on any atom is 0.228 e. The molecule has 0 radical (unpaired) electrons. The van der Waals surface area contributed by atoms with Crippen LogP contribution in [0.4, 0.5) is 5.95 Å². The molecule has 14 heavy (non-hydrogen) atoms. The van der Waals surface area contributed by atoms with Crippen molar-refractivity contribution < 1.29 is 5.11 Å². The first-order valence-electron chi connectivity index (χ1n) is 4.45. The molecule has 0 amide bonds. The van der Waals surface area contributed by atoms with E-state index in [9.17, 15) is 5.11 Å². The lowest BCUT2D eigenvalue weighted by molar-refractivity contribution is 0.451. The molecule has 0 bridgehead atoms. The third-order valence-corrected chi connectivity index (χ3v) is 2.52. The lowest BCUT2D eigenvalue weighted by Crippen LogP contribution is -2.13. The number of thioether (sulfide) groups is 1. The number of rotatable bonds is 4. The second-order valence-corrected chi connectivity index (χ2v) is 4.32. The molecule has 0 saturated heterocycles. The molecule has 1 rings (SSSR count). The maximum atomic E-state index is 9.36. The highest BCUT2D eigenvalue weighted by Gasteiger charge is 2.04. The van der Waals surface area contributed by atoms with Gasteiger partial charge in [0.15, 0.2) is 0 Å². The van der Waals surface area contributed by atoms with Crippen molar-refractivity contribution in [2.45, 2.75) is 12.7 Å². The summed E-state index contributed by atoms with van der Waals surface area (Å²) in [7, 11) is 3.71. The molecule has 0 saturated carbocycles. The molecule has 5 heteroatoms. The number of anilines is 1. The average molecular weight is 213 g/mol.